The van der Waals surface area contributed by atoms with Crippen LogP contribution in [0.15, 0.2) is 60.2 Å². The number of carbonyl (C=O) groups excluding carboxylic acids is 1. The molecule has 0 unspecified atom stereocenters. The molecule has 0 radical (unpaired) electrons. The summed E-state index contributed by atoms with van der Waals surface area (Å²) in [5, 5.41) is 5.26. The summed E-state index contributed by atoms with van der Waals surface area (Å²) in [7, 11) is 0. The Morgan fingerprint density at radius 3 is 2.87 bits per heavy atom. The summed E-state index contributed by atoms with van der Waals surface area (Å²) < 4.78 is 5.75. The van der Waals surface area contributed by atoms with Crippen LogP contribution in [-0.4, -0.2) is 10.9 Å². The van der Waals surface area contributed by atoms with Gasteiger partial charge >= 0.3 is 0 Å². The van der Waals surface area contributed by atoms with Gasteiger partial charge in [0.1, 0.15) is 17.2 Å². The maximum Gasteiger partial charge on any atom is 0.269 e. The topological polar surface area (TPSA) is 51.2 Å². The summed E-state index contributed by atoms with van der Waals surface area (Å²) in [6.07, 6.45) is 3.24. The molecule has 0 saturated carbocycles. The molecule has 2 aromatic heterocycles. The molecule has 0 aliphatic carbocycles. The maximum atomic E-state index is 12.3. The minimum absolute atomic E-state index is 0.220. The fourth-order valence-electron chi connectivity index (χ4n) is 1.97. The van der Waals surface area contributed by atoms with Crippen LogP contribution < -0.4 is 10.1 Å². The summed E-state index contributed by atoms with van der Waals surface area (Å²) in [4.78, 5) is 16.8. The molecule has 0 aliphatic rings. The van der Waals surface area contributed by atoms with E-state index in [0.717, 1.165) is 5.56 Å². The molecule has 0 saturated heterocycles. The van der Waals surface area contributed by atoms with E-state index >= 15 is 0 Å². The second-order valence-electron chi connectivity index (χ2n) is 4.69. The Morgan fingerprint density at radius 1 is 1.22 bits per heavy atom. The van der Waals surface area contributed by atoms with Gasteiger partial charge in [-0.1, -0.05) is 29.8 Å². The number of halogens is 1. The molecule has 0 fully saturated rings. The van der Waals surface area contributed by atoms with E-state index in [4.69, 9.17) is 16.3 Å². The minimum Gasteiger partial charge on any atom is -0.487 e. The highest BCUT2D eigenvalue weighted by Gasteiger charge is 2.15. The predicted octanol–water partition coefficient (Wildman–Crippen LogP) is 4.63. The first kappa shape index (κ1) is 15.5. The van der Waals surface area contributed by atoms with E-state index in [1.165, 1.54) is 11.3 Å². The molecule has 0 bridgehead atoms. The second-order valence-corrected chi connectivity index (χ2v) is 6.01. The number of amides is 1. The van der Waals surface area contributed by atoms with Crippen LogP contribution in [0.3, 0.4) is 0 Å². The van der Waals surface area contributed by atoms with Crippen molar-refractivity contribution in [1.29, 1.82) is 0 Å². The number of pyridine rings is 1. The van der Waals surface area contributed by atoms with Gasteiger partial charge in [0.05, 0.1) is 11.9 Å². The quantitative estimate of drug-likeness (QED) is 0.734. The molecule has 3 rings (SSSR count). The first-order valence-corrected chi connectivity index (χ1v) is 8.15. The monoisotopic (exact) mass is 344 g/mol. The number of nitrogens with one attached hydrogen (secondary N) is 1. The Labute approximate surface area is 142 Å². The number of anilines is 1. The van der Waals surface area contributed by atoms with E-state index in [1.54, 1.807) is 30.6 Å². The number of hydrogen-bond acceptors (Lipinski definition) is 4. The standard InChI is InChI=1S/C17H13ClN2O2S/c18-14-6-2-1-4-12(14)11-22-15-7-9-23-16(15)17(21)20-13-5-3-8-19-10-13/h1-10H,11H2,(H,20,21). The first-order chi connectivity index (χ1) is 11.2. The van der Waals surface area contributed by atoms with Crippen LogP contribution in [0.1, 0.15) is 15.2 Å². The van der Waals surface area contributed by atoms with Crippen LogP contribution in [0.4, 0.5) is 5.69 Å². The lowest BCUT2D eigenvalue weighted by Gasteiger charge is -2.09. The molecule has 0 spiro atoms. The van der Waals surface area contributed by atoms with Crippen molar-refractivity contribution in [3.63, 3.8) is 0 Å². The third kappa shape index (κ3) is 3.88. The lowest BCUT2D eigenvalue weighted by molar-refractivity contribution is 0.102. The molecule has 4 nitrogen and oxygen atoms in total. The number of thiophene rings is 1. The van der Waals surface area contributed by atoms with Gasteiger partial charge in [-0.3, -0.25) is 9.78 Å². The largest absolute Gasteiger partial charge is 0.487 e. The molecule has 116 valence electrons. The van der Waals surface area contributed by atoms with Crippen molar-refractivity contribution in [3.05, 3.63) is 75.7 Å². The number of ether oxygens (including phenoxy) is 1. The SMILES string of the molecule is O=C(Nc1cccnc1)c1sccc1OCc1ccccc1Cl. The van der Waals surface area contributed by atoms with Crippen LogP contribution in [0.2, 0.25) is 5.02 Å². The van der Waals surface area contributed by atoms with Gasteiger partial charge in [-0.25, -0.2) is 0 Å². The highest BCUT2D eigenvalue weighted by molar-refractivity contribution is 7.12. The van der Waals surface area contributed by atoms with Crippen molar-refractivity contribution < 1.29 is 9.53 Å². The molecule has 1 N–H and O–H groups in total. The van der Waals surface area contributed by atoms with Crippen molar-refractivity contribution in [2.24, 2.45) is 0 Å². The molecule has 0 aliphatic heterocycles. The van der Waals surface area contributed by atoms with Gasteiger partial charge < -0.3 is 10.1 Å². The van der Waals surface area contributed by atoms with Crippen molar-refractivity contribution in [2.45, 2.75) is 6.61 Å². The molecule has 23 heavy (non-hydrogen) atoms. The maximum absolute atomic E-state index is 12.3. The third-order valence-corrected chi connectivity index (χ3v) is 4.36. The molecular formula is C17H13ClN2O2S. The zero-order valence-corrected chi connectivity index (χ0v) is 13.6. The molecule has 1 aromatic carbocycles. The van der Waals surface area contributed by atoms with Crippen LogP contribution in [-0.2, 0) is 6.61 Å². The normalized spacial score (nSPS) is 10.3. The summed E-state index contributed by atoms with van der Waals surface area (Å²) in [6, 6.07) is 12.8. The van der Waals surface area contributed by atoms with E-state index in [0.29, 0.717) is 27.9 Å². The van der Waals surface area contributed by atoms with Crippen molar-refractivity contribution in [3.8, 4) is 5.75 Å². The van der Waals surface area contributed by atoms with Gasteiger partial charge in [-0.05, 0) is 29.6 Å². The van der Waals surface area contributed by atoms with Crippen molar-refractivity contribution in [1.82, 2.24) is 4.98 Å². The summed E-state index contributed by atoms with van der Waals surface area (Å²) in [5.74, 6) is 0.318. The molecule has 6 heteroatoms. The zero-order chi connectivity index (χ0) is 16.1. The first-order valence-electron chi connectivity index (χ1n) is 6.89. The Bertz CT molecular complexity index is 805. The fraction of sp³-hybridized carbons (Fsp3) is 0.0588. The predicted molar refractivity (Wildman–Crippen MR) is 92.3 cm³/mol. The highest BCUT2D eigenvalue weighted by Crippen LogP contribution is 2.27. The van der Waals surface area contributed by atoms with Gasteiger partial charge in [0.2, 0.25) is 0 Å². The number of hydrogen-bond donors (Lipinski definition) is 1. The van der Waals surface area contributed by atoms with Crippen LogP contribution in [0.5, 0.6) is 5.75 Å². The summed E-state index contributed by atoms with van der Waals surface area (Å²) >= 11 is 7.44. The van der Waals surface area contributed by atoms with E-state index in [9.17, 15) is 4.79 Å². The second kappa shape index (κ2) is 7.26. The minimum atomic E-state index is -0.220. The average Bonchev–Trinajstić information content (AvgIpc) is 3.04. The van der Waals surface area contributed by atoms with E-state index < -0.39 is 0 Å². The lowest BCUT2D eigenvalue weighted by Crippen LogP contribution is -2.11. The summed E-state index contributed by atoms with van der Waals surface area (Å²) in [5.41, 5.74) is 1.52. The molecule has 0 atom stereocenters. The van der Waals surface area contributed by atoms with Crippen LogP contribution >= 0.6 is 22.9 Å². The van der Waals surface area contributed by atoms with E-state index in [2.05, 4.69) is 10.3 Å². The number of rotatable bonds is 5. The van der Waals surface area contributed by atoms with Crippen LogP contribution in [0, 0.1) is 0 Å². The van der Waals surface area contributed by atoms with Gasteiger partial charge in [-0.2, -0.15) is 0 Å². The van der Waals surface area contributed by atoms with E-state index in [-0.39, 0.29) is 5.91 Å². The Morgan fingerprint density at radius 2 is 2.09 bits per heavy atom. The molecular weight excluding hydrogens is 332 g/mol. The highest BCUT2D eigenvalue weighted by atomic mass is 35.5. The zero-order valence-electron chi connectivity index (χ0n) is 12.0. The van der Waals surface area contributed by atoms with Crippen LogP contribution in [0.25, 0.3) is 0 Å². The van der Waals surface area contributed by atoms with Gasteiger partial charge in [0.15, 0.2) is 0 Å². The van der Waals surface area contributed by atoms with Gasteiger partial charge in [0.25, 0.3) is 5.91 Å². The van der Waals surface area contributed by atoms with E-state index in [1.807, 2.05) is 29.6 Å². The fourth-order valence-corrected chi connectivity index (χ4v) is 2.89. The molecule has 1 amide bonds. The number of benzene rings is 1. The Hall–Kier alpha value is -2.37. The van der Waals surface area contributed by atoms with Gasteiger partial charge in [0, 0.05) is 16.8 Å². The Kier molecular flexibility index (Phi) is 4.90. The molecule has 3 aromatic rings. The third-order valence-electron chi connectivity index (χ3n) is 3.10. The lowest BCUT2D eigenvalue weighted by atomic mass is 10.2. The van der Waals surface area contributed by atoms with Crippen molar-refractivity contribution >= 4 is 34.5 Å². The average molecular weight is 345 g/mol. The van der Waals surface area contributed by atoms with Gasteiger partial charge in [-0.15, -0.1) is 11.3 Å². The number of nitrogens with zero attached hydrogens (tertiary/aromatic N) is 1. The smallest absolute Gasteiger partial charge is 0.269 e. The Balaban J connectivity index is 1.70. The van der Waals surface area contributed by atoms with Crippen molar-refractivity contribution in [2.75, 3.05) is 5.32 Å². The number of carbonyl (C=O) groups is 1. The molecule has 2 heterocycles. The number of aromatic nitrogens is 1. The summed E-state index contributed by atoms with van der Waals surface area (Å²) in [6.45, 7) is 0.309.